The van der Waals surface area contributed by atoms with Gasteiger partial charge in [-0.3, -0.25) is 0 Å². The highest BCUT2D eigenvalue weighted by atomic mass is 16.6. The van der Waals surface area contributed by atoms with Gasteiger partial charge in [-0.15, -0.1) is 0 Å². The zero-order chi connectivity index (χ0) is 27.6. The molecule has 0 aromatic heterocycles. The molecule has 1 heterocycles. The normalized spacial score (nSPS) is 17.4. The lowest BCUT2D eigenvalue weighted by atomic mass is 9.61. The minimum absolute atomic E-state index is 0.121. The van der Waals surface area contributed by atoms with Crippen LogP contribution >= 0.6 is 0 Å². The van der Waals surface area contributed by atoms with Crippen molar-refractivity contribution in [3.8, 4) is 11.5 Å². The standard InChI is InChI=1S/C34H52O3/c1-12-32(11,21-29-22-35-29)36-30-26(9)19-28(20-27(30)10)33(13-2,14-3)34(15-4,16-5)37-31-24(7)17-23(6)18-25(31)8/h17-20,29H,12-16,21-22H2,1-11H3. The van der Waals surface area contributed by atoms with E-state index in [1.165, 1.54) is 33.4 Å². The predicted octanol–water partition coefficient (Wildman–Crippen LogP) is 9.26. The summed E-state index contributed by atoms with van der Waals surface area (Å²) in [7, 11) is 0. The molecule has 2 atom stereocenters. The minimum atomic E-state index is -0.316. The molecular weight excluding hydrogens is 456 g/mol. The van der Waals surface area contributed by atoms with Gasteiger partial charge in [0, 0.05) is 11.8 Å². The van der Waals surface area contributed by atoms with E-state index < -0.39 is 0 Å². The Morgan fingerprint density at radius 2 is 1.16 bits per heavy atom. The van der Waals surface area contributed by atoms with Crippen molar-refractivity contribution in [3.05, 3.63) is 57.6 Å². The first kappa shape index (κ1) is 29.6. The topological polar surface area (TPSA) is 31.0 Å². The molecule has 206 valence electrons. The lowest BCUT2D eigenvalue weighted by Gasteiger charge is -2.51. The molecular formula is C34H52O3. The number of hydrogen-bond acceptors (Lipinski definition) is 3. The number of aryl methyl sites for hydroxylation is 5. The van der Waals surface area contributed by atoms with Gasteiger partial charge in [0.05, 0.1) is 12.7 Å². The molecule has 0 spiro atoms. The van der Waals surface area contributed by atoms with Gasteiger partial charge < -0.3 is 14.2 Å². The van der Waals surface area contributed by atoms with Crippen LogP contribution in [0.1, 0.15) is 113 Å². The summed E-state index contributed by atoms with van der Waals surface area (Å²) in [6.45, 7) is 25.5. The third-order valence-corrected chi connectivity index (χ3v) is 9.29. The highest BCUT2D eigenvalue weighted by Gasteiger charge is 2.51. The summed E-state index contributed by atoms with van der Waals surface area (Å²) < 4.78 is 19.5. The molecule has 0 bridgehead atoms. The van der Waals surface area contributed by atoms with Crippen LogP contribution in [-0.4, -0.2) is 23.9 Å². The van der Waals surface area contributed by atoms with Gasteiger partial charge in [0.15, 0.2) is 0 Å². The molecule has 0 N–H and O–H groups in total. The fraction of sp³-hybridized carbons (Fsp3) is 0.647. The molecule has 37 heavy (non-hydrogen) atoms. The van der Waals surface area contributed by atoms with Crippen LogP contribution in [0.2, 0.25) is 0 Å². The van der Waals surface area contributed by atoms with E-state index in [1.807, 2.05) is 0 Å². The lowest BCUT2D eigenvalue weighted by Crippen LogP contribution is -2.55. The zero-order valence-corrected chi connectivity index (χ0v) is 25.6. The molecule has 1 saturated heterocycles. The van der Waals surface area contributed by atoms with Crippen LogP contribution in [-0.2, 0) is 10.2 Å². The van der Waals surface area contributed by atoms with Crippen molar-refractivity contribution in [1.29, 1.82) is 0 Å². The summed E-state index contributed by atoms with van der Waals surface area (Å²) in [5.74, 6) is 2.08. The third-order valence-electron chi connectivity index (χ3n) is 9.29. The Kier molecular flexibility index (Phi) is 9.10. The van der Waals surface area contributed by atoms with E-state index in [9.17, 15) is 0 Å². The average molecular weight is 509 g/mol. The van der Waals surface area contributed by atoms with Crippen molar-refractivity contribution in [2.75, 3.05) is 6.61 Å². The maximum atomic E-state index is 7.23. The quantitative estimate of drug-likeness (QED) is 0.253. The number of ether oxygens (including phenoxy) is 3. The van der Waals surface area contributed by atoms with Crippen molar-refractivity contribution >= 4 is 0 Å². The summed E-state index contributed by atoms with van der Waals surface area (Å²) in [5.41, 5.74) is 6.86. The molecule has 3 rings (SSSR count). The Morgan fingerprint density at radius 1 is 0.703 bits per heavy atom. The van der Waals surface area contributed by atoms with E-state index in [-0.39, 0.29) is 16.6 Å². The summed E-state index contributed by atoms with van der Waals surface area (Å²) in [4.78, 5) is 0. The second-order valence-corrected chi connectivity index (χ2v) is 11.8. The number of epoxide rings is 1. The molecule has 0 radical (unpaired) electrons. The average Bonchev–Trinajstić information content (AvgIpc) is 3.67. The van der Waals surface area contributed by atoms with Gasteiger partial charge in [-0.2, -0.15) is 0 Å². The van der Waals surface area contributed by atoms with Gasteiger partial charge in [-0.05, 0) is 101 Å². The number of rotatable bonds is 13. The van der Waals surface area contributed by atoms with Crippen molar-refractivity contribution < 1.29 is 14.2 Å². The summed E-state index contributed by atoms with van der Waals surface area (Å²) >= 11 is 0. The highest BCUT2D eigenvalue weighted by Crippen LogP contribution is 2.50. The van der Waals surface area contributed by atoms with Gasteiger partial charge in [0.2, 0.25) is 0 Å². The van der Waals surface area contributed by atoms with Crippen molar-refractivity contribution in [2.45, 2.75) is 137 Å². The van der Waals surface area contributed by atoms with Crippen molar-refractivity contribution in [3.63, 3.8) is 0 Å². The zero-order valence-electron chi connectivity index (χ0n) is 25.6. The molecule has 2 unspecified atom stereocenters. The van der Waals surface area contributed by atoms with E-state index in [2.05, 4.69) is 100 Å². The first-order chi connectivity index (χ1) is 17.4. The van der Waals surface area contributed by atoms with E-state index in [1.54, 1.807) is 0 Å². The van der Waals surface area contributed by atoms with Crippen molar-refractivity contribution in [1.82, 2.24) is 0 Å². The van der Waals surface area contributed by atoms with Gasteiger partial charge in [-0.25, -0.2) is 0 Å². The summed E-state index contributed by atoms with van der Waals surface area (Å²) in [6.07, 6.45) is 6.17. The predicted molar refractivity (Wildman–Crippen MR) is 156 cm³/mol. The molecule has 0 amide bonds. The third kappa shape index (κ3) is 5.72. The van der Waals surface area contributed by atoms with Gasteiger partial charge in [0.25, 0.3) is 0 Å². The van der Waals surface area contributed by atoms with Crippen LogP contribution in [0.25, 0.3) is 0 Å². The fourth-order valence-electron chi connectivity index (χ4n) is 6.82. The molecule has 0 aliphatic carbocycles. The Hall–Kier alpha value is -2.00. The maximum Gasteiger partial charge on any atom is 0.126 e. The smallest absolute Gasteiger partial charge is 0.126 e. The second kappa shape index (κ2) is 11.4. The van der Waals surface area contributed by atoms with Gasteiger partial charge in [-0.1, -0.05) is 64.4 Å². The van der Waals surface area contributed by atoms with Crippen LogP contribution in [0.4, 0.5) is 0 Å². The van der Waals surface area contributed by atoms with Crippen molar-refractivity contribution in [2.24, 2.45) is 0 Å². The number of hydrogen-bond donors (Lipinski definition) is 0. The van der Waals surface area contributed by atoms with Crippen LogP contribution in [0.5, 0.6) is 11.5 Å². The van der Waals surface area contributed by atoms with Gasteiger partial charge in [0.1, 0.15) is 22.7 Å². The Bertz CT molecular complexity index is 1030. The van der Waals surface area contributed by atoms with Crippen LogP contribution in [0.3, 0.4) is 0 Å². The Labute approximate surface area is 227 Å². The van der Waals surface area contributed by atoms with Crippen LogP contribution < -0.4 is 9.47 Å². The first-order valence-electron chi connectivity index (χ1n) is 14.6. The maximum absolute atomic E-state index is 7.23. The number of benzene rings is 2. The second-order valence-electron chi connectivity index (χ2n) is 11.8. The Balaban J connectivity index is 2.10. The molecule has 1 aliphatic rings. The van der Waals surface area contributed by atoms with E-state index in [0.29, 0.717) is 6.10 Å². The van der Waals surface area contributed by atoms with Crippen LogP contribution in [0.15, 0.2) is 24.3 Å². The van der Waals surface area contributed by atoms with Crippen LogP contribution in [0, 0.1) is 34.6 Å². The SMILES string of the molecule is CCC(C)(CC1CO1)Oc1c(C)cc(C(CC)(CC)C(CC)(CC)Oc2c(C)cc(C)cc2C)cc1C. The molecule has 3 heteroatoms. The molecule has 2 aromatic rings. The van der Waals surface area contributed by atoms with Gasteiger partial charge >= 0.3 is 0 Å². The molecule has 2 aromatic carbocycles. The Morgan fingerprint density at radius 3 is 1.57 bits per heavy atom. The lowest BCUT2D eigenvalue weighted by molar-refractivity contribution is -0.0293. The highest BCUT2D eigenvalue weighted by molar-refractivity contribution is 5.48. The minimum Gasteiger partial charge on any atom is -0.487 e. The fourth-order valence-corrected chi connectivity index (χ4v) is 6.82. The molecule has 1 fully saturated rings. The molecule has 1 aliphatic heterocycles. The summed E-state index contributed by atoms with van der Waals surface area (Å²) in [5, 5.41) is 0. The molecule has 0 saturated carbocycles. The van der Waals surface area contributed by atoms with E-state index in [0.717, 1.165) is 56.6 Å². The largest absolute Gasteiger partial charge is 0.487 e. The molecule has 3 nitrogen and oxygen atoms in total. The van der Waals surface area contributed by atoms with E-state index in [4.69, 9.17) is 14.2 Å². The summed E-state index contributed by atoms with van der Waals surface area (Å²) in [6, 6.07) is 9.26. The monoisotopic (exact) mass is 508 g/mol. The van der Waals surface area contributed by atoms with E-state index >= 15 is 0 Å². The first-order valence-corrected chi connectivity index (χ1v) is 14.6.